The molecule has 0 aliphatic heterocycles. The molecule has 20 heavy (non-hydrogen) atoms. The van der Waals surface area contributed by atoms with Crippen LogP contribution in [-0.4, -0.2) is 50.8 Å². The zero-order valence-electron chi connectivity index (χ0n) is 10.4. The zero-order chi connectivity index (χ0) is 14.7. The van der Waals surface area contributed by atoms with E-state index in [-0.39, 0.29) is 19.8 Å². The highest BCUT2D eigenvalue weighted by Crippen LogP contribution is 2.29. The van der Waals surface area contributed by atoms with Gasteiger partial charge in [0.1, 0.15) is 6.10 Å². The maximum absolute atomic E-state index is 9.43. The minimum Gasteiger partial charge on any atom is -0.394 e. The number of imidazole rings is 1. The van der Waals surface area contributed by atoms with Gasteiger partial charge in [0, 0.05) is 0 Å². The SMILES string of the molecule is OCC(CO)O[C@H](CO)n1cnc2cc(Cl)c(Cl)cc21. The van der Waals surface area contributed by atoms with E-state index in [1.807, 2.05) is 0 Å². The van der Waals surface area contributed by atoms with Crippen molar-refractivity contribution in [3.63, 3.8) is 0 Å². The van der Waals surface area contributed by atoms with Crippen molar-refractivity contribution in [1.82, 2.24) is 9.55 Å². The number of halogens is 2. The molecule has 0 spiro atoms. The average Bonchev–Trinajstić information content (AvgIpc) is 2.84. The van der Waals surface area contributed by atoms with Crippen LogP contribution in [0.4, 0.5) is 0 Å². The number of fused-ring (bicyclic) bond motifs is 1. The van der Waals surface area contributed by atoms with Crippen molar-refractivity contribution in [1.29, 1.82) is 0 Å². The first-order valence-electron chi connectivity index (χ1n) is 5.90. The molecule has 3 N–H and O–H groups in total. The monoisotopic (exact) mass is 320 g/mol. The molecule has 0 radical (unpaired) electrons. The summed E-state index contributed by atoms with van der Waals surface area (Å²) in [5.41, 5.74) is 1.24. The van der Waals surface area contributed by atoms with E-state index in [0.29, 0.717) is 21.1 Å². The molecule has 8 heteroatoms. The number of hydrogen-bond acceptors (Lipinski definition) is 5. The van der Waals surface area contributed by atoms with E-state index in [1.54, 1.807) is 16.7 Å². The highest BCUT2D eigenvalue weighted by atomic mass is 35.5. The van der Waals surface area contributed by atoms with Gasteiger partial charge in [-0.1, -0.05) is 23.2 Å². The Kier molecular flexibility index (Phi) is 5.20. The summed E-state index contributed by atoms with van der Waals surface area (Å²) < 4.78 is 6.98. The van der Waals surface area contributed by atoms with Crippen molar-refractivity contribution in [2.24, 2.45) is 0 Å². The van der Waals surface area contributed by atoms with Crippen LogP contribution in [0.25, 0.3) is 11.0 Å². The van der Waals surface area contributed by atoms with Gasteiger partial charge in [-0.25, -0.2) is 4.98 Å². The van der Waals surface area contributed by atoms with Crippen molar-refractivity contribution in [2.75, 3.05) is 19.8 Å². The summed E-state index contributed by atoms with van der Waals surface area (Å²) in [5.74, 6) is 0. The summed E-state index contributed by atoms with van der Waals surface area (Å²) in [6.07, 6.45) is -0.0989. The van der Waals surface area contributed by atoms with Crippen LogP contribution in [-0.2, 0) is 4.74 Å². The van der Waals surface area contributed by atoms with Gasteiger partial charge >= 0.3 is 0 Å². The van der Waals surface area contributed by atoms with Crippen LogP contribution >= 0.6 is 23.2 Å². The molecule has 0 fully saturated rings. The van der Waals surface area contributed by atoms with Crippen LogP contribution in [0.2, 0.25) is 10.0 Å². The summed E-state index contributed by atoms with van der Waals surface area (Å²) in [4.78, 5) is 4.15. The van der Waals surface area contributed by atoms with Gasteiger partial charge in [-0.2, -0.15) is 0 Å². The predicted octanol–water partition coefficient (Wildman–Crippen LogP) is 1.20. The highest BCUT2D eigenvalue weighted by molar-refractivity contribution is 6.42. The molecular formula is C12H14Cl2N2O4. The fourth-order valence-electron chi connectivity index (χ4n) is 1.81. The normalized spacial score (nSPS) is 13.3. The van der Waals surface area contributed by atoms with Gasteiger partial charge in [0.2, 0.25) is 0 Å². The van der Waals surface area contributed by atoms with Crippen LogP contribution in [0.5, 0.6) is 0 Å². The molecule has 0 aliphatic carbocycles. The quantitative estimate of drug-likeness (QED) is 0.744. The molecule has 0 amide bonds. The molecule has 1 aromatic heterocycles. The molecule has 0 aliphatic rings. The lowest BCUT2D eigenvalue weighted by Crippen LogP contribution is -2.28. The summed E-state index contributed by atoms with van der Waals surface area (Å²) >= 11 is 11.9. The zero-order valence-corrected chi connectivity index (χ0v) is 11.9. The number of aliphatic hydroxyl groups excluding tert-OH is 3. The molecule has 1 atom stereocenters. The van der Waals surface area contributed by atoms with Crippen molar-refractivity contribution in [3.05, 3.63) is 28.5 Å². The van der Waals surface area contributed by atoms with Gasteiger partial charge in [0.05, 0.1) is 47.2 Å². The second-order valence-electron chi connectivity index (χ2n) is 4.17. The van der Waals surface area contributed by atoms with E-state index >= 15 is 0 Å². The Hall–Kier alpha value is -0.890. The summed E-state index contributed by atoms with van der Waals surface area (Å²) in [7, 11) is 0. The third-order valence-electron chi connectivity index (χ3n) is 2.84. The number of nitrogens with zero attached hydrogens (tertiary/aromatic N) is 2. The maximum atomic E-state index is 9.43. The van der Waals surface area contributed by atoms with Crippen molar-refractivity contribution in [3.8, 4) is 0 Å². The summed E-state index contributed by atoms with van der Waals surface area (Å²) in [5, 5.41) is 28.2. The van der Waals surface area contributed by atoms with E-state index in [4.69, 9.17) is 38.2 Å². The number of ether oxygens (including phenoxy) is 1. The molecule has 2 aromatic rings. The fourth-order valence-corrected chi connectivity index (χ4v) is 2.13. The number of aliphatic hydroxyl groups is 3. The Morgan fingerprint density at radius 2 is 1.75 bits per heavy atom. The predicted molar refractivity (Wildman–Crippen MR) is 74.9 cm³/mol. The van der Waals surface area contributed by atoms with Gasteiger partial charge < -0.3 is 24.6 Å². The van der Waals surface area contributed by atoms with Gasteiger partial charge in [-0.15, -0.1) is 0 Å². The molecule has 1 heterocycles. The van der Waals surface area contributed by atoms with Gasteiger partial charge in [0.25, 0.3) is 0 Å². The highest BCUT2D eigenvalue weighted by Gasteiger charge is 2.19. The van der Waals surface area contributed by atoms with Crippen molar-refractivity contribution in [2.45, 2.75) is 12.3 Å². The number of benzene rings is 1. The van der Waals surface area contributed by atoms with Gasteiger partial charge in [-0.05, 0) is 12.1 Å². The molecule has 110 valence electrons. The fraction of sp³-hybridized carbons (Fsp3) is 0.417. The summed E-state index contributed by atoms with van der Waals surface area (Å²) in [6, 6.07) is 3.23. The largest absolute Gasteiger partial charge is 0.394 e. The minimum absolute atomic E-state index is 0.345. The van der Waals surface area contributed by atoms with E-state index in [1.165, 1.54) is 6.33 Å². The third kappa shape index (κ3) is 3.06. The van der Waals surface area contributed by atoms with E-state index < -0.39 is 12.3 Å². The van der Waals surface area contributed by atoms with Crippen LogP contribution in [0.3, 0.4) is 0 Å². The third-order valence-corrected chi connectivity index (χ3v) is 3.56. The first-order valence-corrected chi connectivity index (χ1v) is 6.66. The standard InChI is InChI=1S/C12H14Cl2N2O4/c13-8-1-10-11(2-9(8)14)16(6-15-10)12(5-19)20-7(3-17)4-18/h1-2,6-7,12,17-19H,3-5H2/t12-/m1/s1. The number of rotatable bonds is 6. The first kappa shape index (κ1) is 15.5. The Labute approximate surface area is 125 Å². The Morgan fingerprint density at radius 1 is 1.10 bits per heavy atom. The topological polar surface area (TPSA) is 87.7 Å². The summed E-state index contributed by atoms with van der Waals surface area (Å²) in [6.45, 7) is -1.05. The van der Waals surface area contributed by atoms with Crippen LogP contribution in [0, 0.1) is 0 Å². The van der Waals surface area contributed by atoms with Crippen LogP contribution in [0.15, 0.2) is 18.5 Å². The molecular weight excluding hydrogens is 307 g/mol. The molecule has 6 nitrogen and oxygen atoms in total. The lowest BCUT2D eigenvalue weighted by atomic mass is 10.3. The van der Waals surface area contributed by atoms with Gasteiger partial charge in [-0.3, -0.25) is 0 Å². The van der Waals surface area contributed by atoms with E-state index in [2.05, 4.69) is 4.98 Å². The molecule has 0 saturated heterocycles. The Balaban J connectivity index is 2.37. The Bertz CT molecular complexity index is 586. The van der Waals surface area contributed by atoms with E-state index in [0.717, 1.165) is 0 Å². The Morgan fingerprint density at radius 3 is 2.35 bits per heavy atom. The average molecular weight is 321 g/mol. The lowest BCUT2D eigenvalue weighted by molar-refractivity contribution is -0.110. The molecule has 1 aromatic carbocycles. The maximum Gasteiger partial charge on any atom is 0.159 e. The molecule has 0 unspecified atom stereocenters. The van der Waals surface area contributed by atoms with Gasteiger partial charge in [0.15, 0.2) is 6.23 Å². The number of hydrogen-bond donors (Lipinski definition) is 3. The molecule has 2 rings (SSSR count). The van der Waals surface area contributed by atoms with E-state index in [9.17, 15) is 5.11 Å². The lowest BCUT2D eigenvalue weighted by Gasteiger charge is -2.22. The first-order chi connectivity index (χ1) is 9.60. The smallest absolute Gasteiger partial charge is 0.159 e. The molecule has 0 saturated carbocycles. The van der Waals surface area contributed by atoms with Crippen LogP contribution < -0.4 is 0 Å². The minimum atomic E-state index is -0.790. The van der Waals surface area contributed by atoms with Crippen LogP contribution in [0.1, 0.15) is 6.23 Å². The second kappa shape index (κ2) is 6.71. The van der Waals surface area contributed by atoms with Crippen molar-refractivity contribution < 1.29 is 20.1 Å². The molecule has 0 bridgehead atoms. The van der Waals surface area contributed by atoms with Crippen molar-refractivity contribution >= 4 is 34.2 Å². The second-order valence-corrected chi connectivity index (χ2v) is 4.98. The number of aromatic nitrogens is 2.